The molecular weight excluding hydrogens is 358 g/mol. The van der Waals surface area contributed by atoms with Gasteiger partial charge in [0.2, 0.25) is 0 Å². The average molecular weight is 375 g/mol. The lowest BCUT2D eigenvalue weighted by molar-refractivity contribution is -0.307. The van der Waals surface area contributed by atoms with Gasteiger partial charge in [-0.3, -0.25) is 4.79 Å². The largest absolute Gasteiger partial charge is 0.546 e. The molecule has 0 aromatic heterocycles. The number of hydrogen-bond donors (Lipinski definition) is 0. The first-order valence-electron chi connectivity index (χ1n) is 7.97. The fourth-order valence-corrected chi connectivity index (χ4v) is 2.48. The predicted octanol–water partition coefficient (Wildman–Crippen LogP) is 2.93. The lowest BCUT2D eigenvalue weighted by Gasteiger charge is -2.12. The summed E-state index contributed by atoms with van der Waals surface area (Å²) in [5.41, 5.74) is 2.14. The molecule has 0 saturated heterocycles. The third-order valence-corrected chi connectivity index (χ3v) is 3.61. The summed E-state index contributed by atoms with van der Waals surface area (Å²) < 4.78 is 34.3. The predicted molar refractivity (Wildman–Crippen MR) is 92.9 cm³/mol. The number of carbonyl (C=O) groups excluding carboxylic acids is 2. The Kier molecular flexibility index (Phi) is 6.65. The molecule has 5 nitrogen and oxygen atoms in total. The molecule has 0 bridgehead atoms. The number of rotatable bonds is 8. The summed E-state index contributed by atoms with van der Waals surface area (Å²) in [6.07, 6.45) is 2.94. The van der Waals surface area contributed by atoms with E-state index in [-0.39, 0.29) is 11.5 Å². The number of aliphatic carboxylic acids is 1. The molecule has 0 spiro atoms. The number of ketones is 1. The van der Waals surface area contributed by atoms with Gasteiger partial charge < -0.3 is 19.4 Å². The zero-order valence-corrected chi connectivity index (χ0v) is 14.7. The maximum atomic E-state index is 12.4. The Morgan fingerprint density at radius 2 is 1.70 bits per heavy atom. The van der Waals surface area contributed by atoms with Crippen LogP contribution in [0.3, 0.4) is 0 Å². The molecule has 0 unspecified atom stereocenters. The number of benzene rings is 2. The Hall–Kier alpha value is -3.22. The van der Waals surface area contributed by atoms with Crippen molar-refractivity contribution in [2.24, 2.45) is 0 Å². The van der Waals surface area contributed by atoms with Gasteiger partial charge in [-0.25, -0.2) is 0 Å². The summed E-state index contributed by atoms with van der Waals surface area (Å²) in [7, 11) is 0. The van der Waals surface area contributed by atoms with Gasteiger partial charge in [0, 0.05) is 5.56 Å². The second-order valence-electron chi connectivity index (χ2n) is 5.74. The van der Waals surface area contributed by atoms with Gasteiger partial charge in [0.05, 0.1) is 5.97 Å². The minimum Gasteiger partial charge on any atom is -0.546 e. The molecular formula is C20H17F2O5-. The minimum absolute atomic E-state index is 0.126. The first-order chi connectivity index (χ1) is 12.8. The Labute approximate surface area is 154 Å². The molecule has 0 aliphatic carbocycles. The summed E-state index contributed by atoms with van der Waals surface area (Å²) in [6, 6.07) is 9.26. The van der Waals surface area contributed by atoms with Gasteiger partial charge in [-0.05, 0) is 73.0 Å². The average Bonchev–Trinajstić information content (AvgIpc) is 2.61. The molecule has 0 radical (unpaired) electrons. The molecule has 0 aliphatic rings. The van der Waals surface area contributed by atoms with E-state index >= 15 is 0 Å². The number of alkyl halides is 2. The summed E-state index contributed by atoms with van der Waals surface area (Å²) in [5, 5.41) is 10.3. The van der Waals surface area contributed by atoms with Gasteiger partial charge in [0.15, 0.2) is 5.78 Å². The highest BCUT2D eigenvalue weighted by molar-refractivity contribution is 6.06. The number of hydrogen-bond acceptors (Lipinski definition) is 5. The van der Waals surface area contributed by atoms with Crippen molar-refractivity contribution in [3.63, 3.8) is 0 Å². The highest BCUT2D eigenvalue weighted by Crippen LogP contribution is 2.27. The zero-order chi connectivity index (χ0) is 20.0. The molecule has 0 amide bonds. The number of ether oxygens (including phenoxy) is 2. The van der Waals surface area contributed by atoms with E-state index in [4.69, 9.17) is 4.74 Å². The van der Waals surface area contributed by atoms with Gasteiger partial charge >= 0.3 is 6.61 Å². The van der Waals surface area contributed by atoms with Gasteiger partial charge in [-0.1, -0.05) is 6.08 Å². The Bertz CT molecular complexity index is 834. The molecule has 7 heteroatoms. The van der Waals surface area contributed by atoms with Gasteiger partial charge in [-0.15, -0.1) is 0 Å². The third kappa shape index (κ3) is 5.91. The van der Waals surface area contributed by atoms with Crippen LogP contribution in [0.5, 0.6) is 11.5 Å². The van der Waals surface area contributed by atoms with Crippen molar-refractivity contribution in [1.29, 1.82) is 0 Å². The monoisotopic (exact) mass is 375 g/mol. The van der Waals surface area contributed by atoms with Crippen LogP contribution in [0.25, 0.3) is 6.08 Å². The smallest absolute Gasteiger partial charge is 0.387 e. The van der Waals surface area contributed by atoms with Gasteiger partial charge in [-0.2, -0.15) is 8.78 Å². The molecule has 2 aromatic rings. The number of halogens is 2. The molecule has 0 saturated carbocycles. The van der Waals surface area contributed by atoms with E-state index in [1.807, 2.05) is 0 Å². The Morgan fingerprint density at radius 1 is 1.11 bits per heavy atom. The van der Waals surface area contributed by atoms with Crippen LogP contribution in [0.1, 0.15) is 27.0 Å². The van der Waals surface area contributed by atoms with Crippen molar-refractivity contribution < 1.29 is 33.0 Å². The zero-order valence-electron chi connectivity index (χ0n) is 14.7. The molecule has 2 rings (SSSR count). The first kappa shape index (κ1) is 20.1. The van der Waals surface area contributed by atoms with Crippen molar-refractivity contribution in [3.05, 3.63) is 64.7 Å². The van der Waals surface area contributed by atoms with Crippen molar-refractivity contribution in [3.8, 4) is 11.5 Å². The molecule has 142 valence electrons. The topological polar surface area (TPSA) is 75.7 Å². The van der Waals surface area contributed by atoms with Crippen LogP contribution in [-0.2, 0) is 4.79 Å². The normalized spacial score (nSPS) is 11.0. The molecule has 0 heterocycles. The van der Waals surface area contributed by atoms with Crippen molar-refractivity contribution in [2.45, 2.75) is 20.5 Å². The summed E-state index contributed by atoms with van der Waals surface area (Å²) in [6.45, 7) is -0.175. The van der Waals surface area contributed by atoms with Gasteiger partial charge in [0.1, 0.15) is 18.1 Å². The maximum absolute atomic E-state index is 12.4. The second-order valence-corrected chi connectivity index (χ2v) is 5.74. The number of carboxylic acid groups (broad SMARTS) is 1. The van der Waals surface area contributed by atoms with Crippen LogP contribution in [-0.4, -0.2) is 25.0 Å². The Balaban J connectivity index is 2.09. The third-order valence-electron chi connectivity index (χ3n) is 3.61. The highest BCUT2D eigenvalue weighted by Gasteiger charge is 2.11. The minimum atomic E-state index is -2.90. The summed E-state index contributed by atoms with van der Waals surface area (Å²) in [4.78, 5) is 22.6. The SMILES string of the molecule is Cc1cc(/C=C/C(=O)c2ccc(OCC(=O)[O-])cc2)cc(C)c1OC(F)F. The molecule has 0 N–H and O–H groups in total. The number of aryl methyl sites for hydroxylation is 2. The number of allylic oxidation sites excluding steroid dienone is 1. The number of carboxylic acids is 1. The van der Waals surface area contributed by atoms with Crippen LogP contribution in [0.4, 0.5) is 8.78 Å². The van der Waals surface area contributed by atoms with Crippen molar-refractivity contribution in [1.82, 2.24) is 0 Å². The number of carbonyl (C=O) groups is 2. The second kappa shape index (κ2) is 8.93. The van der Waals surface area contributed by atoms with Crippen LogP contribution in [0, 0.1) is 13.8 Å². The van der Waals surface area contributed by atoms with E-state index < -0.39 is 19.2 Å². The molecule has 0 aliphatic heterocycles. The van der Waals surface area contributed by atoms with E-state index in [1.165, 1.54) is 30.3 Å². The fourth-order valence-electron chi connectivity index (χ4n) is 2.48. The standard InChI is InChI=1S/C20H18F2O5/c1-12-9-14(10-13(2)19(12)27-20(21)22)3-8-17(23)15-4-6-16(7-5-15)26-11-18(24)25/h3-10,20H,11H2,1-2H3,(H,24,25)/p-1/b8-3+. The lowest BCUT2D eigenvalue weighted by atomic mass is 10.0. The first-order valence-corrected chi connectivity index (χ1v) is 7.97. The van der Waals surface area contributed by atoms with Crippen LogP contribution in [0.15, 0.2) is 42.5 Å². The summed E-state index contributed by atoms with van der Waals surface area (Å²) >= 11 is 0. The molecule has 0 fully saturated rings. The van der Waals surface area contributed by atoms with E-state index in [0.29, 0.717) is 28.0 Å². The van der Waals surface area contributed by atoms with E-state index in [1.54, 1.807) is 32.1 Å². The lowest BCUT2D eigenvalue weighted by Crippen LogP contribution is -2.28. The van der Waals surface area contributed by atoms with Crippen LogP contribution >= 0.6 is 0 Å². The van der Waals surface area contributed by atoms with Gasteiger partial charge in [0.25, 0.3) is 0 Å². The van der Waals surface area contributed by atoms with Crippen LogP contribution in [0.2, 0.25) is 0 Å². The molecule has 27 heavy (non-hydrogen) atoms. The van der Waals surface area contributed by atoms with Crippen molar-refractivity contribution >= 4 is 17.8 Å². The summed E-state index contributed by atoms with van der Waals surface area (Å²) in [5.74, 6) is -1.18. The van der Waals surface area contributed by atoms with Crippen LogP contribution < -0.4 is 14.6 Å². The van der Waals surface area contributed by atoms with E-state index in [2.05, 4.69) is 4.74 Å². The Morgan fingerprint density at radius 3 is 2.22 bits per heavy atom. The fraction of sp³-hybridized carbons (Fsp3) is 0.200. The van der Waals surface area contributed by atoms with E-state index in [9.17, 15) is 23.5 Å². The highest BCUT2D eigenvalue weighted by atomic mass is 19.3. The molecule has 0 atom stereocenters. The van der Waals surface area contributed by atoms with E-state index in [0.717, 1.165) is 0 Å². The quantitative estimate of drug-likeness (QED) is 0.524. The maximum Gasteiger partial charge on any atom is 0.387 e. The molecule has 2 aromatic carbocycles. The van der Waals surface area contributed by atoms with Crippen molar-refractivity contribution in [2.75, 3.05) is 6.61 Å².